The molecule has 0 aliphatic carbocycles. The van der Waals surface area contributed by atoms with Crippen LogP contribution in [0.3, 0.4) is 0 Å². The molecule has 0 unspecified atom stereocenters. The zero-order chi connectivity index (χ0) is 18.7. The summed E-state index contributed by atoms with van der Waals surface area (Å²) in [5.74, 6) is 0.943. The van der Waals surface area contributed by atoms with E-state index in [2.05, 4.69) is 22.5 Å². The third-order valence-electron chi connectivity index (χ3n) is 4.40. The lowest BCUT2D eigenvalue weighted by molar-refractivity contribution is 0.101. The van der Waals surface area contributed by atoms with Gasteiger partial charge in [-0.1, -0.05) is 24.2 Å². The number of rotatable bonds is 6. The van der Waals surface area contributed by atoms with Crippen LogP contribution in [0.4, 0.5) is 5.69 Å². The van der Waals surface area contributed by atoms with E-state index in [1.807, 2.05) is 38.2 Å². The molecule has 136 valence electrons. The summed E-state index contributed by atoms with van der Waals surface area (Å²) in [7, 11) is 1.81. The summed E-state index contributed by atoms with van der Waals surface area (Å²) in [4.78, 5) is 12.6. The number of aryl methyl sites for hydroxylation is 3. The molecule has 0 spiro atoms. The number of anilines is 1. The quantitative estimate of drug-likeness (QED) is 0.733. The third kappa shape index (κ3) is 3.61. The van der Waals surface area contributed by atoms with E-state index >= 15 is 0 Å². The molecule has 0 atom stereocenters. The monoisotopic (exact) mass is 354 g/mol. The molecule has 3 rings (SSSR count). The van der Waals surface area contributed by atoms with Gasteiger partial charge in [-0.05, 0) is 38.0 Å². The highest BCUT2D eigenvalue weighted by atomic mass is 16.5. The molecule has 7 nitrogen and oxygen atoms in total. The van der Waals surface area contributed by atoms with E-state index < -0.39 is 0 Å². The van der Waals surface area contributed by atoms with Gasteiger partial charge < -0.3 is 14.6 Å². The van der Waals surface area contributed by atoms with Gasteiger partial charge in [0.15, 0.2) is 5.69 Å². The number of ether oxygens (including phenoxy) is 1. The smallest absolute Gasteiger partial charge is 0.278 e. The lowest BCUT2D eigenvalue weighted by Gasteiger charge is -2.08. The van der Waals surface area contributed by atoms with Gasteiger partial charge in [0.2, 0.25) is 0 Å². The maximum Gasteiger partial charge on any atom is 0.278 e. The number of carbonyl (C=O) groups is 1. The first kappa shape index (κ1) is 17.7. The van der Waals surface area contributed by atoms with Crippen LogP contribution in [0.1, 0.15) is 40.0 Å². The number of carbonyl (C=O) groups excluding carboxylic acids is 1. The molecule has 0 aliphatic heterocycles. The summed E-state index contributed by atoms with van der Waals surface area (Å²) in [5.41, 5.74) is 3.58. The Morgan fingerprint density at radius 2 is 2.00 bits per heavy atom. The Balaban J connectivity index is 1.73. The molecule has 2 heterocycles. The zero-order valence-corrected chi connectivity index (χ0v) is 15.4. The Morgan fingerprint density at radius 3 is 2.62 bits per heavy atom. The minimum Gasteiger partial charge on any atom is -0.489 e. The molecule has 1 amide bonds. The predicted octanol–water partition coefficient (Wildman–Crippen LogP) is 3.42. The number of aromatic nitrogens is 3. The molecule has 0 saturated carbocycles. The summed E-state index contributed by atoms with van der Waals surface area (Å²) in [6.45, 7) is 5.94. The fourth-order valence-electron chi connectivity index (χ4n) is 2.52. The van der Waals surface area contributed by atoms with Crippen LogP contribution in [0.5, 0.6) is 5.75 Å². The fourth-order valence-corrected chi connectivity index (χ4v) is 2.52. The predicted molar refractivity (Wildman–Crippen MR) is 97.3 cm³/mol. The second-order valence-electron chi connectivity index (χ2n) is 6.07. The van der Waals surface area contributed by atoms with Crippen LogP contribution in [0.15, 0.2) is 35.0 Å². The normalized spacial score (nSPS) is 10.8. The van der Waals surface area contributed by atoms with Crippen molar-refractivity contribution in [1.29, 1.82) is 0 Å². The van der Waals surface area contributed by atoms with E-state index in [1.54, 1.807) is 17.8 Å². The van der Waals surface area contributed by atoms with Crippen molar-refractivity contribution < 1.29 is 14.1 Å². The SMILES string of the molecule is CCc1ccc(OCc2c(C(=O)Nc3cnn(C)c3C)noc2C)cc1. The molecule has 0 saturated heterocycles. The number of nitrogens with zero attached hydrogens (tertiary/aromatic N) is 3. The van der Waals surface area contributed by atoms with Crippen molar-refractivity contribution in [3.8, 4) is 5.75 Å². The van der Waals surface area contributed by atoms with Crippen molar-refractivity contribution in [1.82, 2.24) is 14.9 Å². The van der Waals surface area contributed by atoms with Gasteiger partial charge in [0.25, 0.3) is 5.91 Å². The highest BCUT2D eigenvalue weighted by Crippen LogP contribution is 2.20. The number of hydrogen-bond donors (Lipinski definition) is 1. The maximum atomic E-state index is 12.6. The van der Waals surface area contributed by atoms with E-state index in [-0.39, 0.29) is 18.2 Å². The Labute approximate surface area is 151 Å². The van der Waals surface area contributed by atoms with Crippen LogP contribution in [0.2, 0.25) is 0 Å². The molecular weight excluding hydrogens is 332 g/mol. The zero-order valence-electron chi connectivity index (χ0n) is 15.4. The van der Waals surface area contributed by atoms with Crippen molar-refractivity contribution in [3.05, 3.63) is 58.7 Å². The van der Waals surface area contributed by atoms with E-state index in [9.17, 15) is 4.79 Å². The van der Waals surface area contributed by atoms with Gasteiger partial charge >= 0.3 is 0 Å². The van der Waals surface area contributed by atoms with Crippen LogP contribution in [-0.2, 0) is 20.1 Å². The molecular formula is C19H22N4O3. The Bertz CT molecular complexity index is 910. The molecule has 1 N–H and O–H groups in total. The summed E-state index contributed by atoms with van der Waals surface area (Å²) >= 11 is 0. The second kappa shape index (κ2) is 7.43. The molecule has 1 aromatic carbocycles. The largest absolute Gasteiger partial charge is 0.489 e. The van der Waals surface area contributed by atoms with Crippen molar-refractivity contribution in [2.24, 2.45) is 7.05 Å². The van der Waals surface area contributed by atoms with Crippen LogP contribution < -0.4 is 10.1 Å². The number of hydrogen-bond acceptors (Lipinski definition) is 5. The van der Waals surface area contributed by atoms with Gasteiger partial charge in [0.05, 0.1) is 23.1 Å². The maximum absolute atomic E-state index is 12.6. The van der Waals surface area contributed by atoms with Gasteiger partial charge in [-0.2, -0.15) is 5.10 Å². The van der Waals surface area contributed by atoms with Crippen LogP contribution >= 0.6 is 0 Å². The average Bonchev–Trinajstić information content (AvgIpc) is 3.17. The molecule has 3 aromatic rings. The Morgan fingerprint density at radius 1 is 1.27 bits per heavy atom. The van der Waals surface area contributed by atoms with Crippen LogP contribution in [-0.4, -0.2) is 20.8 Å². The summed E-state index contributed by atoms with van der Waals surface area (Å²) in [6.07, 6.45) is 2.58. The molecule has 0 fully saturated rings. The minimum atomic E-state index is -0.349. The highest BCUT2D eigenvalue weighted by Gasteiger charge is 2.21. The van der Waals surface area contributed by atoms with Crippen molar-refractivity contribution >= 4 is 11.6 Å². The van der Waals surface area contributed by atoms with Crippen molar-refractivity contribution in [2.75, 3.05) is 5.32 Å². The summed E-state index contributed by atoms with van der Waals surface area (Å²) in [5, 5.41) is 10.8. The van der Waals surface area contributed by atoms with Gasteiger partial charge in [-0.15, -0.1) is 0 Å². The molecule has 7 heteroatoms. The molecule has 0 bridgehead atoms. The topological polar surface area (TPSA) is 82.2 Å². The van der Waals surface area contributed by atoms with Gasteiger partial charge in [0, 0.05) is 7.05 Å². The number of nitrogens with one attached hydrogen (secondary N) is 1. The molecule has 0 radical (unpaired) electrons. The summed E-state index contributed by atoms with van der Waals surface area (Å²) in [6, 6.07) is 7.88. The molecule has 0 aliphatic rings. The standard InChI is InChI=1S/C19H22N4O3/c1-5-14-6-8-15(9-7-14)25-11-16-13(3)26-22-18(16)19(24)21-17-10-20-23(4)12(17)2/h6-10H,5,11H2,1-4H3,(H,21,24). The Kier molecular flexibility index (Phi) is 5.06. The molecule has 26 heavy (non-hydrogen) atoms. The first-order valence-corrected chi connectivity index (χ1v) is 8.46. The first-order valence-electron chi connectivity index (χ1n) is 8.46. The van der Waals surface area contributed by atoms with E-state index in [1.165, 1.54) is 5.56 Å². The highest BCUT2D eigenvalue weighted by molar-refractivity contribution is 6.04. The first-order chi connectivity index (χ1) is 12.5. The van der Waals surface area contributed by atoms with E-state index in [0.29, 0.717) is 17.0 Å². The van der Waals surface area contributed by atoms with Crippen molar-refractivity contribution in [2.45, 2.75) is 33.8 Å². The van der Waals surface area contributed by atoms with E-state index in [4.69, 9.17) is 9.26 Å². The van der Waals surface area contributed by atoms with Gasteiger partial charge in [-0.25, -0.2) is 0 Å². The fraction of sp³-hybridized carbons (Fsp3) is 0.316. The van der Waals surface area contributed by atoms with Gasteiger partial charge in [0.1, 0.15) is 18.1 Å². The van der Waals surface area contributed by atoms with Crippen LogP contribution in [0.25, 0.3) is 0 Å². The lowest BCUT2D eigenvalue weighted by atomic mass is 10.1. The lowest BCUT2D eigenvalue weighted by Crippen LogP contribution is -2.16. The second-order valence-corrected chi connectivity index (χ2v) is 6.07. The number of amides is 1. The summed E-state index contributed by atoms with van der Waals surface area (Å²) < 4.78 is 12.7. The Hall–Kier alpha value is -3.09. The molecule has 2 aromatic heterocycles. The minimum absolute atomic E-state index is 0.204. The van der Waals surface area contributed by atoms with Crippen LogP contribution in [0, 0.1) is 13.8 Å². The van der Waals surface area contributed by atoms with Crippen molar-refractivity contribution in [3.63, 3.8) is 0 Å². The number of benzene rings is 1. The average molecular weight is 354 g/mol. The van der Waals surface area contributed by atoms with E-state index in [0.717, 1.165) is 17.9 Å². The third-order valence-corrected chi connectivity index (χ3v) is 4.40. The van der Waals surface area contributed by atoms with Gasteiger partial charge in [-0.3, -0.25) is 9.48 Å².